The molecule has 3 heteroatoms. The highest BCUT2D eigenvalue weighted by molar-refractivity contribution is 5.45. The number of ether oxygens (including phenoxy) is 2. The van der Waals surface area contributed by atoms with Crippen LogP contribution >= 0.6 is 0 Å². The Balaban J connectivity index is 2.17. The van der Waals surface area contributed by atoms with Gasteiger partial charge in [-0.1, -0.05) is 0 Å². The second kappa shape index (κ2) is 4.74. The average Bonchev–Trinajstić information content (AvgIpc) is 2.71. The first kappa shape index (κ1) is 11.3. The van der Waals surface area contributed by atoms with Crippen molar-refractivity contribution in [1.29, 1.82) is 0 Å². The van der Waals surface area contributed by atoms with Crippen LogP contribution in [0.15, 0.2) is 18.2 Å². The molecule has 0 saturated carbocycles. The van der Waals surface area contributed by atoms with Crippen molar-refractivity contribution >= 4 is 0 Å². The molecule has 0 saturated heterocycles. The van der Waals surface area contributed by atoms with Crippen molar-refractivity contribution in [3.05, 3.63) is 23.8 Å². The molecule has 2 rings (SSSR count). The second-order valence-corrected chi connectivity index (χ2v) is 4.34. The summed E-state index contributed by atoms with van der Waals surface area (Å²) >= 11 is 0. The van der Waals surface area contributed by atoms with Gasteiger partial charge in [0.2, 0.25) is 0 Å². The molecule has 0 bridgehead atoms. The van der Waals surface area contributed by atoms with Gasteiger partial charge in [0.15, 0.2) is 0 Å². The Bertz CT molecular complexity index is 365. The molecule has 1 N–H and O–H groups in total. The molecule has 1 aliphatic rings. The van der Waals surface area contributed by atoms with Gasteiger partial charge in [-0.05, 0) is 38.6 Å². The topological polar surface area (TPSA) is 30.5 Å². The Kier molecular flexibility index (Phi) is 3.34. The minimum Gasteiger partial charge on any atom is -0.497 e. The second-order valence-electron chi connectivity index (χ2n) is 4.34. The van der Waals surface area contributed by atoms with E-state index in [1.807, 2.05) is 19.2 Å². The number of hydrogen-bond acceptors (Lipinski definition) is 3. The molecule has 2 atom stereocenters. The fourth-order valence-electron chi connectivity index (χ4n) is 2.12. The van der Waals surface area contributed by atoms with E-state index in [1.165, 1.54) is 5.56 Å². The minimum absolute atomic E-state index is 0.479. The highest BCUT2D eigenvalue weighted by Gasteiger charge is 2.25. The molecule has 0 radical (unpaired) electrons. The van der Waals surface area contributed by atoms with E-state index in [4.69, 9.17) is 9.47 Å². The van der Waals surface area contributed by atoms with Gasteiger partial charge in [-0.25, -0.2) is 0 Å². The molecule has 0 aliphatic carbocycles. The molecule has 16 heavy (non-hydrogen) atoms. The van der Waals surface area contributed by atoms with E-state index in [0.717, 1.165) is 24.5 Å². The summed E-state index contributed by atoms with van der Waals surface area (Å²) in [6, 6.07) is 6.54. The van der Waals surface area contributed by atoms with Crippen molar-refractivity contribution < 1.29 is 9.47 Å². The molecule has 2 unspecified atom stereocenters. The lowest BCUT2D eigenvalue weighted by molar-refractivity contribution is 0.316. The van der Waals surface area contributed by atoms with Crippen LogP contribution in [0.2, 0.25) is 0 Å². The summed E-state index contributed by atoms with van der Waals surface area (Å²) < 4.78 is 10.9. The molecule has 1 heterocycles. The largest absolute Gasteiger partial charge is 0.497 e. The van der Waals surface area contributed by atoms with Crippen LogP contribution in [-0.4, -0.2) is 26.8 Å². The lowest BCUT2D eigenvalue weighted by Crippen LogP contribution is -2.24. The van der Waals surface area contributed by atoms with E-state index >= 15 is 0 Å². The zero-order valence-electron chi connectivity index (χ0n) is 10.1. The number of hydrogen-bond donors (Lipinski definition) is 1. The predicted octanol–water partition coefficient (Wildman–Crippen LogP) is 2.17. The third kappa shape index (κ3) is 2.14. The summed E-state index contributed by atoms with van der Waals surface area (Å²) in [5.74, 6) is 2.40. The summed E-state index contributed by atoms with van der Waals surface area (Å²) in [5, 5.41) is 3.26. The summed E-state index contributed by atoms with van der Waals surface area (Å²) in [4.78, 5) is 0. The normalized spacial score (nSPS) is 20.1. The zero-order valence-corrected chi connectivity index (χ0v) is 10.1. The molecule has 1 aromatic carbocycles. The molecule has 0 spiro atoms. The maximum absolute atomic E-state index is 5.67. The number of fused-ring (bicyclic) bond motifs is 1. The summed E-state index contributed by atoms with van der Waals surface area (Å²) in [7, 11) is 3.69. The number of rotatable bonds is 4. The number of benzene rings is 1. The van der Waals surface area contributed by atoms with E-state index in [0.29, 0.717) is 12.0 Å². The first-order valence-electron chi connectivity index (χ1n) is 5.72. The van der Waals surface area contributed by atoms with Crippen molar-refractivity contribution in [1.82, 2.24) is 5.32 Å². The first-order chi connectivity index (χ1) is 7.74. The highest BCUT2D eigenvalue weighted by atomic mass is 16.5. The summed E-state index contributed by atoms with van der Waals surface area (Å²) in [6.07, 6.45) is 1.09. The van der Waals surface area contributed by atoms with Crippen LogP contribution in [0.4, 0.5) is 0 Å². The van der Waals surface area contributed by atoms with Crippen molar-refractivity contribution in [2.45, 2.75) is 25.3 Å². The van der Waals surface area contributed by atoms with E-state index in [9.17, 15) is 0 Å². The van der Waals surface area contributed by atoms with Crippen LogP contribution in [-0.2, 0) is 0 Å². The van der Waals surface area contributed by atoms with Gasteiger partial charge in [0.1, 0.15) is 11.5 Å². The van der Waals surface area contributed by atoms with Crippen molar-refractivity contribution in [3.8, 4) is 11.5 Å². The molecular weight excluding hydrogens is 202 g/mol. The molecule has 1 aliphatic heterocycles. The van der Waals surface area contributed by atoms with E-state index < -0.39 is 0 Å². The lowest BCUT2D eigenvalue weighted by Gasteiger charge is -2.15. The van der Waals surface area contributed by atoms with Gasteiger partial charge < -0.3 is 14.8 Å². The fraction of sp³-hybridized carbons (Fsp3) is 0.538. The third-order valence-corrected chi connectivity index (χ3v) is 3.23. The van der Waals surface area contributed by atoms with Gasteiger partial charge in [-0.2, -0.15) is 0 Å². The first-order valence-corrected chi connectivity index (χ1v) is 5.72. The Hall–Kier alpha value is -1.22. The number of methoxy groups -OCH3 is 1. The summed E-state index contributed by atoms with van der Waals surface area (Å²) in [5.41, 5.74) is 1.28. The van der Waals surface area contributed by atoms with E-state index in [2.05, 4.69) is 18.3 Å². The Labute approximate surface area is 96.8 Å². The van der Waals surface area contributed by atoms with Crippen molar-refractivity contribution in [2.24, 2.45) is 0 Å². The standard InChI is InChI=1S/C13H19NO2/c1-9(14-2)6-10-8-16-13-5-4-11(15-3)7-12(10)13/h4-5,7,9-10,14H,6,8H2,1-3H3. The molecule has 3 nitrogen and oxygen atoms in total. The SMILES string of the molecule is CNC(C)CC1COc2ccc(OC)cc21. The van der Waals surface area contributed by atoms with Gasteiger partial charge in [0, 0.05) is 17.5 Å². The van der Waals surface area contributed by atoms with Gasteiger partial charge in [0.05, 0.1) is 13.7 Å². The smallest absolute Gasteiger partial charge is 0.123 e. The van der Waals surface area contributed by atoms with Gasteiger partial charge >= 0.3 is 0 Å². The van der Waals surface area contributed by atoms with E-state index in [-0.39, 0.29) is 0 Å². The third-order valence-electron chi connectivity index (χ3n) is 3.23. The summed E-state index contributed by atoms with van der Waals surface area (Å²) in [6.45, 7) is 2.98. The maximum atomic E-state index is 5.67. The lowest BCUT2D eigenvalue weighted by atomic mass is 9.94. The Morgan fingerprint density at radius 1 is 1.56 bits per heavy atom. The van der Waals surface area contributed by atoms with Crippen LogP contribution in [0.25, 0.3) is 0 Å². The highest BCUT2D eigenvalue weighted by Crippen LogP contribution is 2.38. The van der Waals surface area contributed by atoms with Crippen LogP contribution in [0.1, 0.15) is 24.8 Å². The van der Waals surface area contributed by atoms with Crippen molar-refractivity contribution in [3.63, 3.8) is 0 Å². The number of nitrogens with one attached hydrogen (secondary N) is 1. The Morgan fingerprint density at radius 3 is 3.06 bits per heavy atom. The maximum Gasteiger partial charge on any atom is 0.123 e. The van der Waals surface area contributed by atoms with Gasteiger partial charge in [-0.15, -0.1) is 0 Å². The molecular formula is C13H19NO2. The van der Waals surface area contributed by atoms with Crippen LogP contribution in [0, 0.1) is 0 Å². The average molecular weight is 221 g/mol. The minimum atomic E-state index is 0.479. The predicted molar refractivity (Wildman–Crippen MR) is 64.4 cm³/mol. The molecule has 88 valence electrons. The quantitative estimate of drug-likeness (QED) is 0.845. The zero-order chi connectivity index (χ0) is 11.5. The molecule has 1 aromatic rings. The van der Waals surface area contributed by atoms with E-state index in [1.54, 1.807) is 7.11 Å². The van der Waals surface area contributed by atoms with Gasteiger partial charge in [0.25, 0.3) is 0 Å². The van der Waals surface area contributed by atoms with Crippen LogP contribution in [0.3, 0.4) is 0 Å². The molecule has 0 fully saturated rings. The Morgan fingerprint density at radius 2 is 2.38 bits per heavy atom. The van der Waals surface area contributed by atoms with Gasteiger partial charge in [-0.3, -0.25) is 0 Å². The van der Waals surface area contributed by atoms with Crippen molar-refractivity contribution in [2.75, 3.05) is 20.8 Å². The van der Waals surface area contributed by atoms with Crippen LogP contribution < -0.4 is 14.8 Å². The fourth-order valence-corrected chi connectivity index (χ4v) is 2.12. The van der Waals surface area contributed by atoms with Crippen LogP contribution in [0.5, 0.6) is 11.5 Å². The monoisotopic (exact) mass is 221 g/mol. The molecule has 0 aromatic heterocycles. The molecule has 0 amide bonds.